The van der Waals surface area contributed by atoms with E-state index in [9.17, 15) is 0 Å². The number of piperidine rings is 1. The van der Waals surface area contributed by atoms with E-state index in [0.717, 1.165) is 44.0 Å². The van der Waals surface area contributed by atoms with Crippen LogP contribution >= 0.6 is 0 Å². The summed E-state index contributed by atoms with van der Waals surface area (Å²) in [6, 6.07) is 17.5. The number of fused-ring (bicyclic) bond motifs is 1. The van der Waals surface area contributed by atoms with Gasteiger partial charge in [-0.25, -0.2) is 4.98 Å². The Kier molecular flexibility index (Phi) is 3.99. The molecule has 0 bridgehead atoms. The molecule has 4 nitrogen and oxygen atoms in total. The second-order valence-corrected chi connectivity index (χ2v) is 6.28. The van der Waals surface area contributed by atoms with Crippen molar-refractivity contribution in [1.29, 1.82) is 0 Å². The van der Waals surface area contributed by atoms with E-state index in [1.54, 1.807) is 6.33 Å². The second-order valence-electron chi connectivity index (χ2n) is 6.28. The highest BCUT2D eigenvalue weighted by molar-refractivity contribution is 5.74. The first-order chi connectivity index (χ1) is 11.4. The minimum absolute atomic E-state index is 0.509. The first-order valence-electron chi connectivity index (χ1n) is 8.33. The zero-order valence-electron chi connectivity index (χ0n) is 13.2. The molecule has 0 spiro atoms. The summed E-state index contributed by atoms with van der Waals surface area (Å²) < 4.78 is 0. The third kappa shape index (κ3) is 3.22. The van der Waals surface area contributed by atoms with Crippen molar-refractivity contribution in [1.82, 2.24) is 14.9 Å². The number of benzene rings is 1. The van der Waals surface area contributed by atoms with Crippen molar-refractivity contribution in [2.24, 2.45) is 0 Å². The average Bonchev–Trinajstić information content (AvgIpc) is 3.07. The molecule has 4 rings (SSSR count). The number of anilines is 1. The van der Waals surface area contributed by atoms with Gasteiger partial charge in [-0.3, -0.25) is 4.90 Å². The molecule has 1 aliphatic carbocycles. The van der Waals surface area contributed by atoms with Crippen LogP contribution in [0.5, 0.6) is 0 Å². The summed E-state index contributed by atoms with van der Waals surface area (Å²) in [5.41, 5.74) is 3.72. The van der Waals surface area contributed by atoms with Crippen molar-refractivity contribution in [3.63, 3.8) is 0 Å². The molecule has 23 heavy (non-hydrogen) atoms. The van der Waals surface area contributed by atoms with E-state index in [4.69, 9.17) is 0 Å². The summed E-state index contributed by atoms with van der Waals surface area (Å²) in [7, 11) is 0. The Bertz CT molecular complexity index is 713. The molecule has 0 saturated carbocycles. The van der Waals surface area contributed by atoms with Gasteiger partial charge < -0.3 is 10.3 Å². The first kappa shape index (κ1) is 14.3. The molecule has 4 heteroatoms. The third-order valence-corrected chi connectivity index (χ3v) is 4.66. The van der Waals surface area contributed by atoms with Crippen LogP contribution in [0, 0.1) is 0 Å². The third-order valence-electron chi connectivity index (χ3n) is 4.66. The second kappa shape index (κ2) is 6.42. The van der Waals surface area contributed by atoms with Crippen molar-refractivity contribution in [3.8, 4) is 11.3 Å². The number of rotatable bonds is 4. The molecule has 3 aliphatic rings. The summed E-state index contributed by atoms with van der Waals surface area (Å²) >= 11 is 0. The number of hydrogen-bond acceptors (Lipinski definition) is 3. The Morgan fingerprint density at radius 2 is 1.87 bits per heavy atom. The smallest absolute Gasteiger partial charge is 0.137 e. The topological polar surface area (TPSA) is 44.0 Å². The Labute approximate surface area is 136 Å². The van der Waals surface area contributed by atoms with Crippen molar-refractivity contribution in [3.05, 3.63) is 60.4 Å². The maximum Gasteiger partial charge on any atom is 0.137 e. The molecule has 1 aromatic carbocycles. The summed E-state index contributed by atoms with van der Waals surface area (Å²) in [5, 5.41) is 3.64. The van der Waals surface area contributed by atoms with Crippen molar-refractivity contribution < 1.29 is 0 Å². The molecular formula is C19H22N4. The van der Waals surface area contributed by atoms with E-state index in [1.807, 2.05) is 0 Å². The fourth-order valence-electron chi connectivity index (χ4n) is 3.37. The first-order valence-corrected chi connectivity index (χ1v) is 8.33. The van der Waals surface area contributed by atoms with Gasteiger partial charge in [-0.1, -0.05) is 36.4 Å². The monoisotopic (exact) mass is 306 g/mol. The van der Waals surface area contributed by atoms with Gasteiger partial charge in [-0.05, 0) is 30.5 Å². The zero-order valence-corrected chi connectivity index (χ0v) is 13.2. The molecule has 2 heterocycles. The molecule has 2 N–H and O–H groups in total. The van der Waals surface area contributed by atoms with Crippen LogP contribution < -0.4 is 5.32 Å². The van der Waals surface area contributed by atoms with Crippen LogP contribution in [0.1, 0.15) is 18.4 Å². The normalized spacial score (nSPS) is 16.7. The fourth-order valence-corrected chi connectivity index (χ4v) is 3.37. The lowest BCUT2D eigenvalue weighted by atomic mass is 10.0. The number of H-pyrrole nitrogens is 1. The number of nitrogens with one attached hydrogen (secondary N) is 2. The van der Waals surface area contributed by atoms with Gasteiger partial charge in [0.1, 0.15) is 5.82 Å². The molecule has 2 aliphatic heterocycles. The van der Waals surface area contributed by atoms with Gasteiger partial charge in [-0.2, -0.15) is 0 Å². The van der Waals surface area contributed by atoms with Crippen LogP contribution in [0.2, 0.25) is 0 Å². The summed E-state index contributed by atoms with van der Waals surface area (Å²) in [4.78, 5) is 10.2. The number of hydrogen-bond donors (Lipinski definition) is 2. The number of aromatic nitrogens is 2. The molecule has 0 amide bonds. The highest BCUT2D eigenvalue weighted by atomic mass is 15.1. The van der Waals surface area contributed by atoms with Gasteiger partial charge in [0.05, 0.1) is 12.0 Å². The van der Waals surface area contributed by atoms with E-state index in [-0.39, 0.29) is 0 Å². The molecule has 0 aromatic heterocycles. The zero-order chi connectivity index (χ0) is 15.5. The SMILES string of the molecule is c1ccc(CN2CCC(Nc3nc[nH]c4cccc3-4)CC2)cc1. The highest BCUT2D eigenvalue weighted by Gasteiger charge is 2.20. The lowest BCUT2D eigenvalue weighted by Crippen LogP contribution is -2.38. The number of nitrogens with zero attached hydrogens (tertiary/aromatic N) is 2. The summed E-state index contributed by atoms with van der Waals surface area (Å²) in [6.07, 6.45) is 4.10. The molecule has 1 saturated heterocycles. The van der Waals surface area contributed by atoms with Gasteiger partial charge in [-0.15, -0.1) is 0 Å². The van der Waals surface area contributed by atoms with Crippen molar-refractivity contribution in [2.75, 3.05) is 18.4 Å². The minimum atomic E-state index is 0.509. The average molecular weight is 306 g/mol. The Balaban J connectivity index is 1.34. The largest absolute Gasteiger partial charge is 0.367 e. The summed E-state index contributed by atoms with van der Waals surface area (Å²) in [5.74, 6) is 1.00. The Hall–Kier alpha value is -2.33. The number of likely N-dealkylation sites (tertiary alicyclic amines) is 1. The van der Waals surface area contributed by atoms with Crippen molar-refractivity contribution in [2.45, 2.75) is 25.4 Å². The van der Waals surface area contributed by atoms with Crippen LogP contribution in [-0.2, 0) is 6.54 Å². The van der Waals surface area contributed by atoms with E-state index < -0.39 is 0 Å². The van der Waals surface area contributed by atoms with E-state index >= 15 is 0 Å². The van der Waals surface area contributed by atoms with Crippen LogP contribution in [0.4, 0.5) is 5.82 Å². The van der Waals surface area contributed by atoms with Gasteiger partial charge >= 0.3 is 0 Å². The van der Waals surface area contributed by atoms with Crippen molar-refractivity contribution >= 4 is 5.82 Å². The van der Waals surface area contributed by atoms with Gasteiger partial charge in [0.2, 0.25) is 0 Å². The lowest BCUT2D eigenvalue weighted by molar-refractivity contribution is 0.211. The molecule has 1 fully saturated rings. The quantitative estimate of drug-likeness (QED) is 0.774. The van der Waals surface area contributed by atoms with Gasteiger partial charge in [0.25, 0.3) is 0 Å². The predicted molar refractivity (Wildman–Crippen MR) is 93.6 cm³/mol. The van der Waals surface area contributed by atoms with Gasteiger partial charge in [0, 0.05) is 31.2 Å². The Morgan fingerprint density at radius 3 is 2.70 bits per heavy atom. The maximum absolute atomic E-state index is 4.48. The van der Waals surface area contributed by atoms with E-state index in [0.29, 0.717) is 6.04 Å². The van der Waals surface area contributed by atoms with E-state index in [2.05, 4.69) is 68.7 Å². The highest BCUT2D eigenvalue weighted by Crippen LogP contribution is 2.28. The fraction of sp³-hybridized carbons (Fsp3) is 0.316. The summed E-state index contributed by atoms with van der Waals surface area (Å²) in [6.45, 7) is 3.32. The van der Waals surface area contributed by atoms with E-state index in [1.165, 1.54) is 11.1 Å². The molecule has 1 aromatic rings. The Morgan fingerprint density at radius 1 is 1.04 bits per heavy atom. The van der Waals surface area contributed by atoms with Crippen LogP contribution in [0.25, 0.3) is 11.3 Å². The molecule has 0 unspecified atom stereocenters. The molecular weight excluding hydrogens is 284 g/mol. The predicted octanol–water partition coefficient (Wildman–Crippen LogP) is 3.59. The molecule has 0 radical (unpaired) electrons. The number of aromatic amines is 1. The minimum Gasteiger partial charge on any atom is -0.367 e. The standard InChI is InChI=1S/C19H22N4/c1-2-5-15(6-3-1)13-23-11-9-16(10-12-23)22-19-17-7-4-8-18(17)20-14-21-19/h1-8,14,16,22H,9-13H2,(H,20,21). The maximum atomic E-state index is 4.48. The van der Waals surface area contributed by atoms with Crippen LogP contribution in [0.15, 0.2) is 54.9 Å². The van der Waals surface area contributed by atoms with Crippen LogP contribution in [-0.4, -0.2) is 34.0 Å². The molecule has 0 atom stereocenters. The molecule has 118 valence electrons. The lowest BCUT2D eigenvalue weighted by Gasteiger charge is -2.33. The van der Waals surface area contributed by atoms with Crippen LogP contribution in [0.3, 0.4) is 0 Å². The van der Waals surface area contributed by atoms with Gasteiger partial charge in [0.15, 0.2) is 0 Å².